The van der Waals surface area contributed by atoms with E-state index in [1.54, 1.807) is 4.57 Å². The third kappa shape index (κ3) is 3.87. The lowest BCUT2D eigenvalue weighted by atomic mass is 10.2. The summed E-state index contributed by atoms with van der Waals surface area (Å²) in [5.41, 5.74) is 1.59. The van der Waals surface area contributed by atoms with Crippen molar-refractivity contribution < 1.29 is 23.5 Å². The second-order valence-electron chi connectivity index (χ2n) is 5.09. The quantitative estimate of drug-likeness (QED) is 0.798. The zero-order chi connectivity index (χ0) is 17.1. The Labute approximate surface area is 139 Å². The summed E-state index contributed by atoms with van der Waals surface area (Å²) in [6.45, 7) is 1.66. The number of hydrogen-bond acceptors (Lipinski definition) is 2. The Morgan fingerprint density at radius 1 is 1.35 bits per heavy atom. The Morgan fingerprint density at radius 2 is 2.00 bits per heavy atom. The molecule has 0 bridgehead atoms. The maximum atomic E-state index is 12.4. The number of nitrogens with one attached hydrogen (secondary N) is 1. The molecule has 8 heteroatoms. The molecule has 0 aliphatic rings. The van der Waals surface area contributed by atoms with Gasteiger partial charge in [0.25, 0.3) is 0 Å². The van der Waals surface area contributed by atoms with Crippen LogP contribution in [0.25, 0.3) is 10.9 Å². The Morgan fingerprint density at radius 3 is 2.61 bits per heavy atom. The summed E-state index contributed by atoms with van der Waals surface area (Å²) in [7, 11) is 0. The molecule has 0 fully saturated rings. The minimum absolute atomic E-state index is 0.148. The van der Waals surface area contributed by atoms with E-state index in [0.29, 0.717) is 0 Å². The van der Waals surface area contributed by atoms with Crippen molar-refractivity contribution >= 4 is 38.7 Å². The highest BCUT2D eigenvalue weighted by Gasteiger charge is 2.24. The van der Waals surface area contributed by atoms with Gasteiger partial charge >= 0.3 is 5.97 Å². The number of carbonyl (C=O) groups excluding carboxylic acids is 1. The topological polar surface area (TPSA) is 71.3 Å². The summed E-state index contributed by atoms with van der Waals surface area (Å²) in [6.07, 6.45) is -3.73. The summed E-state index contributed by atoms with van der Waals surface area (Å²) in [4.78, 5) is 23.0. The molecule has 1 aromatic carbocycles. The first-order valence-corrected chi connectivity index (χ1v) is 7.64. The van der Waals surface area contributed by atoms with Gasteiger partial charge in [-0.25, -0.2) is 13.6 Å². The van der Waals surface area contributed by atoms with Gasteiger partial charge in [0, 0.05) is 27.5 Å². The van der Waals surface area contributed by atoms with Crippen LogP contribution in [0.3, 0.4) is 0 Å². The van der Waals surface area contributed by atoms with E-state index in [2.05, 4.69) is 21.2 Å². The molecule has 0 radical (unpaired) electrons. The summed E-state index contributed by atoms with van der Waals surface area (Å²) in [5, 5.41) is 12.0. The zero-order valence-electron chi connectivity index (χ0n) is 12.2. The number of benzene rings is 1. The number of carbonyl (C=O) groups is 2. The number of alkyl halides is 2. The number of carboxylic acid groups (broad SMARTS) is 1. The lowest BCUT2D eigenvalue weighted by Gasteiger charge is -2.15. The van der Waals surface area contributed by atoms with Crippen molar-refractivity contribution in [1.82, 2.24) is 9.88 Å². The van der Waals surface area contributed by atoms with E-state index in [9.17, 15) is 18.4 Å². The number of nitrogens with zero attached hydrogens (tertiary/aromatic N) is 1. The van der Waals surface area contributed by atoms with Gasteiger partial charge in [-0.3, -0.25) is 4.79 Å². The molecule has 0 aliphatic carbocycles. The van der Waals surface area contributed by atoms with Gasteiger partial charge < -0.3 is 15.0 Å². The number of para-hydroxylation sites is 1. The van der Waals surface area contributed by atoms with Gasteiger partial charge in [-0.2, -0.15) is 0 Å². The van der Waals surface area contributed by atoms with Crippen LogP contribution in [0.15, 0.2) is 28.7 Å². The molecule has 0 saturated carbocycles. The molecule has 2 N–H and O–H groups in total. The van der Waals surface area contributed by atoms with Crippen molar-refractivity contribution in [2.75, 3.05) is 0 Å². The van der Waals surface area contributed by atoms with Crippen LogP contribution >= 0.6 is 15.9 Å². The normalized spacial score (nSPS) is 12.6. The van der Waals surface area contributed by atoms with Crippen LogP contribution in [0, 0.1) is 6.92 Å². The summed E-state index contributed by atoms with van der Waals surface area (Å²) in [6, 6.07) is 5.79. The highest BCUT2D eigenvalue weighted by atomic mass is 79.9. The largest absolute Gasteiger partial charge is 0.480 e. The first kappa shape index (κ1) is 17.4. The molecular formula is C15H15BrF2N2O3. The fourth-order valence-corrected chi connectivity index (χ4v) is 2.92. The molecule has 0 saturated heterocycles. The average Bonchev–Trinajstić information content (AvgIpc) is 2.72. The van der Waals surface area contributed by atoms with Gasteiger partial charge in [-0.1, -0.05) is 18.2 Å². The van der Waals surface area contributed by atoms with Crippen LogP contribution in [0.5, 0.6) is 0 Å². The van der Waals surface area contributed by atoms with Gasteiger partial charge in [0.05, 0.1) is 0 Å². The summed E-state index contributed by atoms with van der Waals surface area (Å²) < 4.78 is 27.3. The molecule has 1 unspecified atom stereocenters. The fourth-order valence-electron chi connectivity index (χ4n) is 2.38. The molecule has 23 heavy (non-hydrogen) atoms. The van der Waals surface area contributed by atoms with Crippen molar-refractivity contribution in [3.05, 3.63) is 34.4 Å². The first-order chi connectivity index (χ1) is 10.8. The van der Waals surface area contributed by atoms with Crippen molar-refractivity contribution in [2.45, 2.75) is 32.4 Å². The molecule has 0 aliphatic heterocycles. The molecule has 2 aromatic rings. The lowest BCUT2D eigenvalue weighted by molar-refractivity contribution is -0.143. The van der Waals surface area contributed by atoms with Crippen LogP contribution in [-0.2, 0) is 16.1 Å². The zero-order valence-corrected chi connectivity index (χ0v) is 13.8. The van der Waals surface area contributed by atoms with Crippen molar-refractivity contribution in [3.8, 4) is 0 Å². The van der Waals surface area contributed by atoms with Crippen molar-refractivity contribution in [1.29, 1.82) is 0 Å². The van der Waals surface area contributed by atoms with Gasteiger partial charge in [0.1, 0.15) is 12.6 Å². The number of halogens is 3. The van der Waals surface area contributed by atoms with Crippen LogP contribution < -0.4 is 5.32 Å². The van der Waals surface area contributed by atoms with E-state index >= 15 is 0 Å². The van der Waals surface area contributed by atoms with Crippen LogP contribution in [0.2, 0.25) is 0 Å². The highest BCUT2D eigenvalue weighted by molar-refractivity contribution is 9.10. The Hall–Kier alpha value is -1.96. The number of amides is 1. The molecule has 1 aromatic heterocycles. The molecular weight excluding hydrogens is 374 g/mol. The van der Waals surface area contributed by atoms with E-state index in [4.69, 9.17) is 5.11 Å². The molecule has 0 spiro atoms. The van der Waals surface area contributed by atoms with Crippen LogP contribution in [0.4, 0.5) is 8.78 Å². The second kappa shape index (κ2) is 7.08. The fraction of sp³-hybridized carbons (Fsp3) is 0.333. The molecule has 2 rings (SSSR count). The van der Waals surface area contributed by atoms with Gasteiger partial charge in [-0.05, 0) is 28.9 Å². The summed E-state index contributed by atoms with van der Waals surface area (Å²) >= 11 is 3.45. The van der Waals surface area contributed by atoms with E-state index in [-0.39, 0.29) is 6.54 Å². The molecule has 1 amide bonds. The first-order valence-electron chi connectivity index (χ1n) is 6.85. The van der Waals surface area contributed by atoms with Crippen LogP contribution in [-0.4, -0.2) is 34.0 Å². The molecule has 5 nitrogen and oxygen atoms in total. The highest BCUT2D eigenvalue weighted by Crippen LogP contribution is 2.30. The molecule has 124 valence electrons. The number of rotatable bonds is 6. The minimum atomic E-state index is -2.81. The van der Waals surface area contributed by atoms with E-state index in [1.807, 2.05) is 31.2 Å². The Balaban J connectivity index is 2.20. The average molecular weight is 389 g/mol. The SMILES string of the molecule is Cc1c(Br)c2ccccc2n1CC(=O)NC(CC(F)F)C(=O)O. The van der Waals surface area contributed by atoms with Gasteiger partial charge in [0.2, 0.25) is 12.3 Å². The predicted molar refractivity (Wildman–Crippen MR) is 84.6 cm³/mol. The number of aliphatic carboxylic acids is 1. The van der Waals surface area contributed by atoms with Crippen LogP contribution in [0.1, 0.15) is 12.1 Å². The second-order valence-corrected chi connectivity index (χ2v) is 5.88. The van der Waals surface area contributed by atoms with E-state index in [0.717, 1.165) is 21.1 Å². The minimum Gasteiger partial charge on any atom is -0.480 e. The third-order valence-corrected chi connectivity index (χ3v) is 4.50. The van der Waals surface area contributed by atoms with Crippen molar-refractivity contribution in [2.24, 2.45) is 0 Å². The van der Waals surface area contributed by atoms with Crippen molar-refractivity contribution in [3.63, 3.8) is 0 Å². The number of fused-ring (bicyclic) bond motifs is 1. The van der Waals surface area contributed by atoms with E-state index in [1.165, 1.54) is 0 Å². The maximum Gasteiger partial charge on any atom is 0.326 e. The number of hydrogen-bond donors (Lipinski definition) is 2. The lowest BCUT2D eigenvalue weighted by Crippen LogP contribution is -2.43. The Bertz CT molecular complexity index is 746. The number of aromatic nitrogens is 1. The molecule has 1 heterocycles. The smallest absolute Gasteiger partial charge is 0.326 e. The molecule has 1 atom stereocenters. The standard InChI is InChI=1S/C15H15BrF2N2O3/c1-8-14(16)9-4-2-3-5-11(9)20(8)7-13(21)19-10(15(22)23)6-12(17)18/h2-5,10,12H,6-7H2,1H3,(H,19,21)(H,22,23). The van der Waals surface area contributed by atoms with Gasteiger partial charge in [0.15, 0.2) is 0 Å². The predicted octanol–water partition coefficient (Wildman–Crippen LogP) is 2.94. The Kier molecular flexibility index (Phi) is 5.35. The third-order valence-electron chi connectivity index (χ3n) is 3.50. The monoisotopic (exact) mass is 388 g/mol. The maximum absolute atomic E-state index is 12.4. The summed E-state index contributed by atoms with van der Waals surface area (Å²) in [5.74, 6) is -2.11. The van der Waals surface area contributed by atoms with Gasteiger partial charge in [-0.15, -0.1) is 0 Å². The number of carboxylic acids is 1. The van der Waals surface area contributed by atoms with E-state index < -0.39 is 30.8 Å².